The lowest BCUT2D eigenvalue weighted by Crippen LogP contribution is -2.43. The van der Waals surface area contributed by atoms with E-state index in [-0.39, 0.29) is 11.5 Å². The first kappa shape index (κ1) is 22.3. The molecule has 7 nitrogen and oxygen atoms in total. The average Bonchev–Trinajstić information content (AvgIpc) is 2.62. The second-order valence-electron chi connectivity index (χ2n) is 8.15. The average molecular weight is 399 g/mol. The highest BCUT2D eigenvalue weighted by molar-refractivity contribution is 5.97. The van der Waals surface area contributed by atoms with E-state index in [0.29, 0.717) is 24.0 Å². The predicted molar refractivity (Wildman–Crippen MR) is 111 cm³/mol. The minimum atomic E-state index is -0.708. The minimum absolute atomic E-state index is 0.222. The summed E-state index contributed by atoms with van der Waals surface area (Å²) in [4.78, 5) is 36.8. The number of esters is 1. The molecule has 2 rings (SSSR count). The van der Waals surface area contributed by atoms with Crippen molar-refractivity contribution < 1.29 is 14.3 Å². The van der Waals surface area contributed by atoms with E-state index in [1.807, 2.05) is 26.8 Å². The van der Waals surface area contributed by atoms with Crippen LogP contribution >= 0.6 is 0 Å². The molecule has 1 atom stereocenters. The zero-order valence-corrected chi connectivity index (χ0v) is 17.9. The summed E-state index contributed by atoms with van der Waals surface area (Å²) < 4.78 is 5.37. The maximum Gasteiger partial charge on any atom is 0.329 e. The first-order valence-corrected chi connectivity index (χ1v) is 9.68. The molecule has 0 spiro atoms. The van der Waals surface area contributed by atoms with Gasteiger partial charge in [-0.15, -0.1) is 0 Å². The number of carbonyl (C=O) groups excluding carboxylic acids is 2. The fourth-order valence-corrected chi connectivity index (χ4v) is 2.87. The molecule has 0 saturated carbocycles. The Morgan fingerprint density at radius 3 is 2.45 bits per heavy atom. The van der Waals surface area contributed by atoms with Gasteiger partial charge in [0.05, 0.1) is 5.69 Å². The highest BCUT2D eigenvalue weighted by Crippen LogP contribution is 2.16. The number of nitrogens with zero attached hydrogens (tertiary/aromatic N) is 1. The zero-order valence-electron chi connectivity index (χ0n) is 17.9. The van der Waals surface area contributed by atoms with Gasteiger partial charge in [-0.25, -0.2) is 9.89 Å². The van der Waals surface area contributed by atoms with Crippen molar-refractivity contribution in [1.29, 1.82) is 0 Å². The summed E-state index contributed by atoms with van der Waals surface area (Å²) in [7, 11) is 0. The number of aromatic amines is 1. The molecule has 1 aromatic heterocycles. The molecule has 2 aromatic rings. The molecule has 0 unspecified atom stereocenters. The third-order valence-electron chi connectivity index (χ3n) is 4.40. The van der Waals surface area contributed by atoms with E-state index in [1.165, 1.54) is 0 Å². The molecule has 0 fully saturated rings. The number of benzene rings is 1. The van der Waals surface area contributed by atoms with Crippen molar-refractivity contribution in [3.05, 3.63) is 62.6 Å². The highest BCUT2D eigenvalue weighted by Gasteiger charge is 2.25. The smallest absolute Gasteiger partial charge is 0.329 e. The van der Waals surface area contributed by atoms with Crippen LogP contribution in [0.2, 0.25) is 0 Å². The molecule has 0 aliphatic heterocycles. The maximum absolute atomic E-state index is 12.6. The summed E-state index contributed by atoms with van der Waals surface area (Å²) in [6.07, 6.45) is 0.879. The van der Waals surface area contributed by atoms with Crippen molar-refractivity contribution in [3.8, 4) is 0 Å². The number of aryl methyl sites for hydroxylation is 2. The first-order valence-electron chi connectivity index (χ1n) is 9.68. The summed E-state index contributed by atoms with van der Waals surface area (Å²) in [6.45, 7) is 10.9. The van der Waals surface area contributed by atoms with Gasteiger partial charge in [0.1, 0.15) is 11.6 Å². The molecule has 1 amide bonds. The van der Waals surface area contributed by atoms with E-state index in [1.54, 1.807) is 39.0 Å². The van der Waals surface area contributed by atoms with Crippen molar-refractivity contribution in [2.75, 3.05) is 0 Å². The predicted octanol–water partition coefficient (Wildman–Crippen LogP) is 2.83. The molecular weight excluding hydrogens is 370 g/mol. The number of hydrogen-bond donors (Lipinski definition) is 2. The van der Waals surface area contributed by atoms with Gasteiger partial charge in [-0.2, -0.15) is 5.10 Å². The van der Waals surface area contributed by atoms with Gasteiger partial charge in [0.15, 0.2) is 0 Å². The SMILES string of the molecule is CC[C@@H](NC(=O)c1ccc(Cc2cc(C)n[nH]c2=O)c(C)c1)C(=O)OC(C)(C)C. The second-order valence-corrected chi connectivity index (χ2v) is 8.15. The lowest BCUT2D eigenvalue weighted by atomic mass is 9.98. The number of rotatable bonds is 6. The molecule has 29 heavy (non-hydrogen) atoms. The normalized spacial score (nSPS) is 12.3. The van der Waals surface area contributed by atoms with Gasteiger partial charge in [-0.1, -0.05) is 13.0 Å². The van der Waals surface area contributed by atoms with Gasteiger partial charge in [0.25, 0.3) is 11.5 Å². The Labute approximate surface area is 170 Å². The topological polar surface area (TPSA) is 101 Å². The zero-order chi connectivity index (χ0) is 21.8. The van der Waals surface area contributed by atoms with Crippen molar-refractivity contribution in [2.24, 2.45) is 0 Å². The first-order chi connectivity index (χ1) is 13.5. The third-order valence-corrected chi connectivity index (χ3v) is 4.40. The van der Waals surface area contributed by atoms with Gasteiger partial charge < -0.3 is 10.1 Å². The summed E-state index contributed by atoms with van der Waals surface area (Å²) in [6, 6.07) is 6.33. The molecule has 7 heteroatoms. The van der Waals surface area contributed by atoms with Crippen LogP contribution in [0.4, 0.5) is 0 Å². The summed E-state index contributed by atoms with van der Waals surface area (Å²) in [5.74, 6) is -0.788. The Hall–Kier alpha value is -2.96. The monoisotopic (exact) mass is 399 g/mol. The van der Waals surface area contributed by atoms with Crippen molar-refractivity contribution >= 4 is 11.9 Å². The van der Waals surface area contributed by atoms with Gasteiger partial charge >= 0.3 is 5.97 Å². The summed E-state index contributed by atoms with van der Waals surface area (Å²) >= 11 is 0. The van der Waals surface area contributed by atoms with Crippen molar-refractivity contribution in [1.82, 2.24) is 15.5 Å². The highest BCUT2D eigenvalue weighted by atomic mass is 16.6. The fourth-order valence-electron chi connectivity index (χ4n) is 2.87. The van der Waals surface area contributed by atoms with Crippen LogP contribution in [0.1, 0.15) is 66.9 Å². The minimum Gasteiger partial charge on any atom is -0.458 e. The lowest BCUT2D eigenvalue weighted by molar-refractivity contribution is -0.157. The Balaban J connectivity index is 2.14. The van der Waals surface area contributed by atoms with E-state index in [9.17, 15) is 14.4 Å². The Kier molecular flexibility index (Phi) is 6.95. The van der Waals surface area contributed by atoms with Crippen molar-refractivity contribution in [3.63, 3.8) is 0 Å². The molecule has 0 bridgehead atoms. The number of ether oxygens (including phenoxy) is 1. The molecular formula is C22H29N3O4. The molecule has 1 heterocycles. The van der Waals surface area contributed by atoms with E-state index in [0.717, 1.165) is 16.8 Å². The van der Waals surface area contributed by atoms with Crippen LogP contribution in [0.5, 0.6) is 0 Å². The van der Waals surface area contributed by atoms with E-state index >= 15 is 0 Å². The van der Waals surface area contributed by atoms with Crippen LogP contribution in [0.3, 0.4) is 0 Å². The number of carbonyl (C=O) groups is 2. The Morgan fingerprint density at radius 1 is 1.17 bits per heavy atom. The van der Waals surface area contributed by atoms with Gasteiger partial charge in [0, 0.05) is 17.5 Å². The molecule has 0 aliphatic carbocycles. The van der Waals surface area contributed by atoms with E-state index in [4.69, 9.17) is 4.74 Å². The molecule has 2 N–H and O–H groups in total. The van der Waals surface area contributed by atoms with Crippen LogP contribution in [0, 0.1) is 13.8 Å². The number of amides is 1. The largest absolute Gasteiger partial charge is 0.458 e. The number of hydrogen-bond acceptors (Lipinski definition) is 5. The summed E-state index contributed by atoms with van der Waals surface area (Å²) in [5, 5.41) is 9.10. The lowest BCUT2D eigenvalue weighted by Gasteiger charge is -2.24. The van der Waals surface area contributed by atoms with Crippen LogP contribution in [-0.4, -0.2) is 33.7 Å². The quantitative estimate of drug-likeness (QED) is 0.728. The molecule has 1 aromatic carbocycles. The third kappa shape index (κ3) is 6.27. The summed E-state index contributed by atoms with van der Waals surface area (Å²) in [5.41, 5.74) is 2.80. The number of H-pyrrole nitrogens is 1. The van der Waals surface area contributed by atoms with Crippen LogP contribution < -0.4 is 10.9 Å². The Bertz CT molecular complexity index is 957. The molecule has 156 valence electrons. The molecule has 0 aliphatic rings. The second kappa shape index (κ2) is 9.03. The van der Waals surface area contributed by atoms with Gasteiger partial charge in [0.2, 0.25) is 0 Å². The van der Waals surface area contributed by atoms with Crippen molar-refractivity contribution in [2.45, 2.75) is 66.0 Å². The number of aromatic nitrogens is 2. The maximum atomic E-state index is 12.6. The van der Waals surface area contributed by atoms with E-state index in [2.05, 4.69) is 15.5 Å². The van der Waals surface area contributed by atoms with E-state index < -0.39 is 17.6 Å². The number of nitrogens with one attached hydrogen (secondary N) is 2. The molecule has 0 saturated heterocycles. The van der Waals surface area contributed by atoms with Crippen LogP contribution in [0.25, 0.3) is 0 Å². The van der Waals surface area contributed by atoms with Crippen LogP contribution in [-0.2, 0) is 16.0 Å². The standard InChI is InChI=1S/C22H29N3O4/c1-7-18(21(28)29-22(4,5)6)23-19(26)16-9-8-15(13(2)10-16)12-17-11-14(3)24-25-20(17)27/h8-11,18H,7,12H2,1-6H3,(H,23,26)(H,25,27)/t18-/m1/s1. The van der Waals surface area contributed by atoms with Crippen LogP contribution in [0.15, 0.2) is 29.1 Å². The fraction of sp³-hybridized carbons (Fsp3) is 0.455. The molecule has 0 radical (unpaired) electrons. The van der Waals surface area contributed by atoms with Gasteiger partial charge in [-0.05, 0) is 70.4 Å². The Morgan fingerprint density at radius 2 is 1.86 bits per heavy atom. The van der Waals surface area contributed by atoms with Gasteiger partial charge in [-0.3, -0.25) is 9.59 Å².